The zero-order valence-electron chi connectivity index (χ0n) is 15.3. The molecule has 7 nitrogen and oxygen atoms in total. The van der Waals surface area contributed by atoms with E-state index in [1.165, 1.54) is 22.5 Å². The van der Waals surface area contributed by atoms with E-state index >= 15 is 0 Å². The third-order valence-electron chi connectivity index (χ3n) is 4.58. The average Bonchev–Trinajstić information content (AvgIpc) is 3.37. The van der Waals surface area contributed by atoms with E-state index in [-0.39, 0.29) is 12.1 Å². The van der Waals surface area contributed by atoms with E-state index in [0.717, 1.165) is 10.6 Å². The molecule has 1 unspecified atom stereocenters. The highest BCUT2D eigenvalue weighted by molar-refractivity contribution is 7.14. The Morgan fingerprint density at radius 1 is 1.36 bits per heavy atom. The van der Waals surface area contributed by atoms with Crippen LogP contribution in [-0.2, 0) is 11.3 Å². The zero-order valence-corrected chi connectivity index (χ0v) is 16.1. The van der Waals surface area contributed by atoms with Gasteiger partial charge < -0.3 is 14.4 Å². The van der Waals surface area contributed by atoms with E-state index in [2.05, 4.69) is 9.97 Å². The maximum absolute atomic E-state index is 13.2. The summed E-state index contributed by atoms with van der Waals surface area (Å²) in [5.74, 6) is -1.60. The van der Waals surface area contributed by atoms with Gasteiger partial charge in [0.1, 0.15) is 11.8 Å². The van der Waals surface area contributed by atoms with Crippen molar-refractivity contribution in [3.8, 4) is 0 Å². The van der Waals surface area contributed by atoms with Crippen LogP contribution in [0.1, 0.15) is 37.7 Å². The minimum absolute atomic E-state index is 0.0911. The number of rotatable bonds is 5. The predicted molar refractivity (Wildman–Crippen MR) is 97.9 cm³/mol. The van der Waals surface area contributed by atoms with Crippen molar-refractivity contribution >= 4 is 23.0 Å². The fraction of sp³-hybridized carbons (Fsp3) is 0.200. The van der Waals surface area contributed by atoms with Crippen molar-refractivity contribution in [3.05, 3.63) is 81.2 Å². The van der Waals surface area contributed by atoms with Crippen LogP contribution in [0.25, 0.3) is 0 Å². The second-order valence-corrected chi connectivity index (χ2v) is 7.69. The molecule has 4 heterocycles. The SMILES string of the molecule is Cc1nc(C)c(C(=O)C2=C([O-])C(=O)N(Cc3ccc[nH+]c3)C2c2ccco2)s1. The van der Waals surface area contributed by atoms with Gasteiger partial charge in [-0.2, -0.15) is 0 Å². The quantitative estimate of drug-likeness (QED) is 0.613. The van der Waals surface area contributed by atoms with E-state index in [9.17, 15) is 14.7 Å². The summed E-state index contributed by atoms with van der Waals surface area (Å²) in [5.41, 5.74) is 1.26. The predicted octanol–water partition coefficient (Wildman–Crippen LogP) is 1.75. The lowest BCUT2D eigenvalue weighted by atomic mass is 9.99. The van der Waals surface area contributed by atoms with Crippen LogP contribution in [0.3, 0.4) is 0 Å². The van der Waals surface area contributed by atoms with E-state index in [1.807, 2.05) is 6.07 Å². The smallest absolute Gasteiger partial charge is 0.240 e. The van der Waals surface area contributed by atoms with E-state index in [1.54, 1.807) is 44.4 Å². The molecule has 0 bridgehead atoms. The lowest BCUT2D eigenvalue weighted by Crippen LogP contribution is -2.32. The van der Waals surface area contributed by atoms with Crippen LogP contribution in [0.5, 0.6) is 0 Å². The van der Waals surface area contributed by atoms with Crippen LogP contribution < -0.4 is 10.1 Å². The van der Waals surface area contributed by atoms with Crippen LogP contribution in [0.2, 0.25) is 0 Å². The lowest BCUT2D eigenvalue weighted by Gasteiger charge is -2.25. The molecule has 4 rings (SSSR count). The summed E-state index contributed by atoms with van der Waals surface area (Å²) in [7, 11) is 0. The van der Waals surface area contributed by atoms with Gasteiger partial charge in [0, 0.05) is 17.2 Å². The molecule has 1 atom stereocenters. The molecule has 1 aliphatic rings. The van der Waals surface area contributed by atoms with Crippen LogP contribution in [0.15, 0.2) is 58.7 Å². The first-order valence-electron chi connectivity index (χ1n) is 8.66. The van der Waals surface area contributed by atoms with Crippen LogP contribution >= 0.6 is 11.3 Å². The number of ketones is 1. The second kappa shape index (κ2) is 7.05. The molecule has 0 aromatic carbocycles. The summed E-state index contributed by atoms with van der Waals surface area (Å²) in [6, 6.07) is 6.10. The molecule has 1 N–H and O–H groups in total. The number of hydrogen-bond acceptors (Lipinski definition) is 6. The number of aromatic nitrogens is 2. The number of carbonyl (C=O) groups excluding carboxylic acids is 2. The molecule has 8 heteroatoms. The van der Waals surface area contributed by atoms with Crippen molar-refractivity contribution in [1.29, 1.82) is 0 Å². The van der Waals surface area contributed by atoms with Crippen LogP contribution in [0.4, 0.5) is 0 Å². The Hall–Kier alpha value is -3.26. The molecule has 0 aliphatic carbocycles. The molecule has 1 amide bonds. The number of pyridine rings is 1. The number of hydrogen-bond donors (Lipinski definition) is 0. The van der Waals surface area contributed by atoms with E-state index < -0.39 is 23.5 Å². The minimum Gasteiger partial charge on any atom is -0.868 e. The molecule has 0 saturated heterocycles. The first-order valence-corrected chi connectivity index (χ1v) is 9.48. The molecular formula is C20H17N3O4S. The highest BCUT2D eigenvalue weighted by atomic mass is 32.1. The second-order valence-electron chi connectivity index (χ2n) is 6.48. The maximum Gasteiger partial charge on any atom is 0.240 e. The molecule has 1 aliphatic heterocycles. The normalized spacial score (nSPS) is 16.9. The Morgan fingerprint density at radius 3 is 2.79 bits per heavy atom. The Bertz CT molecular complexity index is 1070. The lowest BCUT2D eigenvalue weighted by molar-refractivity contribution is -0.378. The fourth-order valence-corrected chi connectivity index (χ4v) is 4.24. The Morgan fingerprint density at radius 2 is 2.18 bits per heavy atom. The largest absolute Gasteiger partial charge is 0.868 e. The molecule has 0 saturated carbocycles. The van der Waals surface area contributed by atoms with Crippen molar-refractivity contribution in [2.75, 3.05) is 0 Å². The topological polar surface area (TPSA) is 101 Å². The molecule has 3 aromatic rings. The number of nitrogens with one attached hydrogen (secondary N) is 1. The van der Waals surface area contributed by atoms with E-state index in [0.29, 0.717) is 16.3 Å². The van der Waals surface area contributed by atoms with Crippen molar-refractivity contribution in [1.82, 2.24) is 9.88 Å². The summed E-state index contributed by atoms with van der Waals surface area (Å²) in [4.78, 5) is 35.0. The number of H-pyrrole nitrogens is 1. The van der Waals surface area contributed by atoms with Gasteiger partial charge in [-0.05, 0) is 37.8 Å². The van der Waals surface area contributed by atoms with Gasteiger partial charge in [-0.1, -0.05) is 0 Å². The standard InChI is InChI=1S/C20H17N3O4S/c1-11-19(28-12(2)22-11)17(24)15-16(14-6-4-8-27-14)23(20(26)18(15)25)10-13-5-3-7-21-9-13/h3-9,16,25H,10H2,1-2H3. The molecule has 0 fully saturated rings. The van der Waals surface area contributed by atoms with Gasteiger partial charge in [0.2, 0.25) is 11.7 Å². The summed E-state index contributed by atoms with van der Waals surface area (Å²) < 4.78 is 5.49. The van der Waals surface area contributed by atoms with Gasteiger partial charge >= 0.3 is 0 Å². The first-order chi connectivity index (χ1) is 13.5. The number of Topliss-reactive ketones (excluding diaryl/α,β-unsaturated/α-hetero) is 1. The number of carbonyl (C=O) groups is 2. The van der Waals surface area contributed by atoms with Crippen molar-refractivity contribution in [2.45, 2.75) is 26.4 Å². The third kappa shape index (κ3) is 3.01. The minimum atomic E-state index is -0.871. The molecule has 0 radical (unpaired) electrons. The van der Waals surface area contributed by atoms with Gasteiger partial charge in [-0.15, -0.1) is 11.3 Å². The van der Waals surface area contributed by atoms with Crippen LogP contribution in [0, 0.1) is 13.8 Å². The fourth-order valence-electron chi connectivity index (χ4n) is 3.37. The Balaban J connectivity index is 1.78. The highest BCUT2D eigenvalue weighted by Crippen LogP contribution is 2.40. The highest BCUT2D eigenvalue weighted by Gasteiger charge is 2.42. The van der Waals surface area contributed by atoms with Gasteiger partial charge in [0.25, 0.3) is 0 Å². The molecular weight excluding hydrogens is 378 g/mol. The van der Waals surface area contributed by atoms with Crippen molar-refractivity contribution in [2.24, 2.45) is 0 Å². The summed E-state index contributed by atoms with van der Waals surface area (Å²) in [6.07, 6.45) is 4.95. The third-order valence-corrected chi connectivity index (χ3v) is 5.65. The molecule has 0 spiro atoms. The number of aromatic amines is 1. The monoisotopic (exact) mass is 395 g/mol. The maximum atomic E-state index is 13.2. The number of amides is 1. The summed E-state index contributed by atoms with van der Waals surface area (Å²) in [6.45, 7) is 3.69. The molecule has 3 aromatic heterocycles. The van der Waals surface area contributed by atoms with Crippen LogP contribution in [-0.4, -0.2) is 21.6 Å². The number of thiazole rings is 1. The first kappa shape index (κ1) is 18.1. The van der Waals surface area contributed by atoms with Gasteiger partial charge in [-0.25, -0.2) is 9.97 Å². The van der Waals surface area contributed by atoms with Crippen molar-refractivity contribution in [3.63, 3.8) is 0 Å². The molecule has 28 heavy (non-hydrogen) atoms. The number of aryl methyl sites for hydroxylation is 2. The summed E-state index contributed by atoms with van der Waals surface area (Å²) >= 11 is 1.22. The van der Waals surface area contributed by atoms with E-state index in [4.69, 9.17) is 4.42 Å². The number of furan rings is 1. The Labute approximate surface area is 165 Å². The average molecular weight is 395 g/mol. The van der Waals surface area contributed by atoms with Gasteiger partial charge in [-0.3, -0.25) is 9.59 Å². The summed E-state index contributed by atoms with van der Waals surface area (Å²) in [5, 5.41) is 13.6. The zero-order chi connectivity index (χ0) is 19.8. The van der Waals surface area contributed by atoms with Gasteiger partial charge in [0.05, 0.1) is 28.4 Å². The van der Waals surface area contributed by atoms with Gasteiger partial charge in [0.15, 0.2) is 12.4 Å². The Kier molecular flexibility index (Phi) is 4.56. The molecule has 142 valence electrons. The van der Waals surface area contributed by atoms with Crippen molar-refractivity contribution < 1.29 is 24.1 Å². The number of nitrogens with zero attached hydrogens (tertiary/aromatic N) is 2.